The number of hydrogen-bond donors (Lipinski definition) is 1. The maximum atomic E-state index is 12.9. The maximum absolute atomic E-state index is 12.9. The van der Waals surface area contributed by atoms with E-state index in [4.69, 9.17) is 0 Å². The molecule has 1 heterocycles. The van der Waals surface area contributed by atoms with Crippen molar-refractivity contribution in [2.45, 2.75) is 37.4 Å². The molecule has 3 rings (SSSR count). The van der Waals surface area contributed by atoms with E-state index in [1.54, 1.807) is 11.0 Å². The van der Waals surface area contributed by atoms with Crippen molar-refractivity contribution in [2.75, 3.05) is 19.6 Å². The number of carbonyl (C=O) groups is 1. The SMILES string of the molecule is CC1CN(C(=O)C2(c3cccc(C(F)(F)F)c3)CC2)CCN1.Cl. The minimum absolute atomic E-state index is 0. The lowest BCUT2D eigenvalue weighted by Crippen LogP contribution is -2.53. The van der Waals surface area contributed by atoms with Gasteiger partial charge in [0.25, 0.3) is 0 Å². The number of hydrogen-bond acceptors (Lipinski definition) is 2. The first-order valence-electron chi connectivity index (χ1n) is 7.53. The predicted molar refractivity (Wildman–Crippen MR) is 83.6 cm³/mol. The van der Waals surface area contributed by atoms with Gasteiger partial charge < -0.3 is 10.2 Å². The lowest BCUT2D eigenvalue weighted by molar-refractivity contribution is -0.138. The zero-order valence-electron chi connectivity index (χ0n) is 12.8. The largest absolute Gasteiger partial charge is 0.416 e. The fourth-order valence-electron chi connectivity index (χ4n) is 3.16. The van der Waals surface area contributed by atoms with Crippen molar-refractivity contribution >= 4 is 18.3 Å². The molecular formula is C16H20ClF3N2O. The van der Waals surface area contributed by atoms with E-state index in [2.05, 4.69) is 5.32 Å². The summed E-state index contributed by atoms with van der Waals surface area (Å²) >= 11 is 0. The maximum Gasteiger partial charge on any atom is 0.416 e. The average Bonchev–Trinajstić information content (AvgIpc) is 3.27. The number of halogens is 4. The number of carbonyl (C=O) groups excluding carboxylic acids is 1. The molecule has 1 aromatic carbocycles. The Morgan fingerprint density at radius 1 is 1.35 bits per heavy atom. The minimum Gasteiger partial charge on any atom is -0.339 e. The van der Waals surface area contributed by atoms with Crippen LogP contribution in [0.25, 0.3) is 0 Å². The number of alkyl halides is 3. The van der Waals surface area contributed by atoms with Gasteiger partial charge in [-0.3, -0.25) is 4.79 Å². The minimum atomic E-state index is -4.38. The molecule has 1 saturated heterocycles. The molecule has 1 aromatic rings. The summed E-state index contributed by atoms with van der Waals surface area (Å²) in [5.41, 5.74) is -0.922. The van der Waals surface area contributed by atoms with Gasteiger partial charge in [-0.15, -0.1) is 12.4 Å². The van der Waals surface area contributed by atoms with Crippen molar-refractivity contribution in [1.82, 2.24) is 10.2 Å². The molecule has 23 heavy (non-hydrogen) atoms. The number of nitrogens with one attached hydrogen (secondary N) is 1. The Labute approximate surface area is 139 Å². The molecule has 1 aliphatic heterocycles. The third-order valence-electron chi connectivity index (χ3n) is 4.56. The molecule has 1 unspecified atom stereocenters. The molecule has 1 amide bonds. The summed E-state index contributed by atoms with van der Waals surface area (Å²) in [6, 6.07) is 5.44. The van der Waals surface area contributed by atoms with Crippen molar-refractivity contribution < 1.29 is 18.0 Å². The molecule has 2 fully saturated rings. The molecule has 1 aliphatic carbocycles. The number of piperazine rings is 1. The summed E-state index contributed by atoms with van der Waals surface area (Å²) in [6.07, 6.45) is -3.12. The van der Waals surface area contributed by atoms with E-state index in [1.807, 2.05) is 6.92 Å². The van der Waals surface area contributed by atoms with Crippen molar-refractivity contribution in [3.63, 3.8) is 0 Å². The summed E-state index contributed by atoms with van der Waals surface area (Å²) in [5, 5.41) is 3.26. The first-order chi connectivity index (χ1) is 10.3. The Morgan fingerprint density at radius 2 is 2.04 bits per heavy atom. The number of nitrogens with zero attached hydrogens (tertiary/aromatic N) is 1. The van der Waals surface area contributed by atoms with E-state index in [0.29, 0.717) is 31.5 Å². The first kappa shape index (κ1) is 18.1. The summed E-state index contributed by atoms with van der Waals surface area (Å²) in [6.45, 7) is 3.96. The Bertz CT molecular complexity index is 587. The van der Waals surface area contributed by atoms with Crippen molar-refractivity contribution in [2.24, 2.45) is 0 Å². The van der Waals surface area contributed by atoms with Gasteiger partial charge in [-0.1, -0.05) is 18.2 Å². The van der Waals surface area contributed by atoms with Crippen LogP contribution in [-0.4, -0.2) is 36.5 Å². The summed E-state index contributed by atoms with van der Waals surface area (Å²) in [5.74, 6) is -0.0276. The molecule has 0 radical (unpaired) electrons. The number of amides is 1. The molecule has 1 N–H and O–H groups in total. The first-order valence-corrected chi connectivity index (χ1v) is 7.53. The van der Waals surface area contributed by atoms with Crippen LogP contribution in [0, 0.1) is 0 Å². The van der Waals surface area contributed by atoms with E-state index < -0.39 is 17.2 Å². The number of rotatable bonds is 2. The summed E-state index contributed by atoms with van der Waals surface area (Å²) in [7, 11) is 0. The lowest BCUT2D eigenvalue weighted by atomic mass is 9.92. The molecule has 0 aromatic heterocycles. The second kappa shape index (κ2) is 6.32. The van der Waals surface area contributed by atoms with Crippen LogP contribution in [0.3, 0.4) is 0 Å². The quantitative estimate of drug-likeness (QED) is 0.891. The Morgan fingerprint density at radius 3 is 2.61 bits per heavy atom. The monoisotopic (exact) mass is 348 g/mol. The highest BCUT2D eigenvalue weighted by atomic mass is 35.5. The molecule has 3 nitrogen and oxygen atoms in total. The Hall–Kier alpha value is -1.27. The van der Waals surface area contributed by atoms with Crippen LogP contribution >= 0.6 is 12.4 Å². The van der Waals surface area contributed by atoms with E-state index in [1.165, 1.54) is 6.07 Å². The molecule has 0 bridgehead atoms. The topological polar surface area (TPSA) is 32.3 Å². The predicted octanol–water partition coefficient (Wildman–Crippen LogP) is 2.98. The van der Waals surface area contributed by atoms with Gasteiger partial charge in [0, 0.05) is 25.7 Å². The van der Waals surface area contributed by atoms with Crippen molar-refractivity contribution in [3.05, 3.63) is 35.4 Å². The summed E-state index contributed by atoms with van der Waals surface area (Å²) in [4.78, 5) is 14.6. The van der Waals surface area contributed by atoms with Gasteiger partial charge in [-0.25, -0.2) is 0 Å². The highest BCUT2D eigenvalue weighted by molar-refractivity contribution is 5.91. The lowest BCUT2D eigenvalue weighted by Gasteiger charge is -2.34. The molecule has 1 atom stereocenters. The fraction of sp³-hybridized carbons (Fsp3) is 0.562. The van der Waals surface area contributed by atoms with Crippen LogP contribution in [0.5, 0.6) is 0 Å². The smallest absolute Gasteiger partial charge is 0.339 e. The van der Waals surface area contributed by atoms with E-state index in [0.717, 1.165) is 18.7 Å². The van der Waals surface area contributed by atoms with E-state index in [9.17, 15) is 18.0 Å². The molecule has 1 saturated carbocycles. The highest BCUT2D eigenvalue weighted by Crippen LogP contribution is 2.50. The highest BCUT2D eigenvalue weighted by Gasteiger charge is 2.53. The van der Waals surface area contributed by atoms with Crippen molar-refractivity contribution in [3.8, 4) is 0 Å². The van der Waals surface area contributed by atoms with Gasteiger partial charge in [-0.05, 0) is 31.4 Å². The van der Waals surface area contributed by atoms with Crippen LogP contribution in [0.1, 0.15) is 30.9 Å². The standard InChI is InChI=1S/C16H19F3N2O.ClH/c1-11-10-21(8-7-20-11)14(22)15(5-6-15)12-3-2-4-13(9-12)16(17,18)19;/h2-4,9,11,20H,5-8,10H2,1H3;1H. The van der Waals surface area contributed by atoms with Gasteiger partial charge >= 0.3 is 6.18 Å². The van der Waals surface area contributed by atoms with Gasteiger partial charge in [0.1, 0.15) is 0 Å². The second-order valence-electron chi connectivity index (χ2n) is 6.27. The molecule has 7 heteroatoms. The Balaban J connectivity index is 0.00000192. The molecular weight excluding hydrogens is 329 g/mol. The van der Waals surface area contributed by atoms with Gasteiger partial charge in [0.2, 0.25) is 5.91 Å². The third-order valence-corrected chi connectivity index (χ3v) is 4.56. The van der Waals surface area contributed by atoms with Crippen LogP contribution in [0.2, 0.25) is 0 Å². The van der Waals surface area contributed by atoms with Crippen LogP contribution in [0.15, 0.2) is 24.3 Å². The van der Waals surface area contributed by atoms with Crippen LogP contribution in [-0.2, 0) is 16.4 Å². The number of benzene rings is 1. The zero-order chi connectivity index (χ0) is 16.0. The van der Waals surface area contributed by atoms with Gasteiger partial charge in [-0.2, -0.15) is 13.2 Å². The Kier molecular flexibility index (Phi) is 4.97. The van der Waals surface area contributed by atoms with Gasteiger partial charge in [0.05, 0.1) is 11.0 Å². The second-order valence-corrected chi connectivity index (χ2v) is 6.27. The van der Waals surface area contributed by atoms with E-state index in [-0.39, 0.29) is 24.4 Å². The fourth-order valence-corrected chi connectivity index (χ4v) is 3.16. The van der Waals surface area contributed by atoms with Crippen molar-refractivity contribution in [1.29, 1.82) is 0 Å². The zero-order valence-corrected chi connectivity index (χ0v) is 13.6. The third kappa shape index (κ3) is 3.48. The molecule has 2 aliphatic rings. The van der Waals surface area contributed by atoms with Gasteiger partial charge in [0.15, 0.2) is 0 Å². The van der Waals surface area contributed by atoms with Crippen LogP contribution in [0.4, 0.5) is 13.2 Å². The molecule has 0 spiro atoms. The normalized spacial score (nSPS) is 23.1. The van der Waals surface area contributed by atoms with E-state index >= 15 is 0 Å². The average molecular weight is 349 g/mol. The summed E-state index contributed by atoms with van der Waals surface area (Å²) < 4.78 is 38.6. The van der Waals surface area contributed by atoms with Crippen LogP contribution < -0.4 is 5.32 Å². The molecule has 128 valence electrons.